The van der Waals surface area contributed by atoms with Crippen LogP contribution in [0.2, 0.25) is 0 Å². The number of nitrogens with zero attached hydrogens (tertiary/aromatic N) is 2. The molecule has 0 bridgehead atoms. The van der Waals surface area contributed by atoms with Crippen LogP contribution in [0.4, 0.5) is 18.9 Å². The normalized spacial score (nSPS) is 19.7. The summed E-state index contributed by atoms with van der Waals surface area (Å²) in [6, 6.07) is 4.41. The first-order valence-electron chi connectivity index (χ1n) is 11.1. The van der Waals surface area contributed by atoms with E-state index in [1.165, 1.54) is 5.94 Å². The summed E-state index contributed by atoms with van der Waals surface area (Å²) in [5.74, 6) is 0.00647. The van der Waals surface area contributed by atoms with Crippen molar-refractivity contribution >= 4 is 17.5 Å². The zero-order valence-electron chi connectivity index (χ0n) is 19.3. The molecule has 9 heteroatoms. The second kappa shape index (κ2) is 8.07. The van der Waals surface area contributed by atoms with Crippen molar-refractivity contribution in [1.29, 1.82) is 0 Å². The molecule has 0 spiro atoms. The number of ether oxygens (including phenoxy) is 1. The number of halogens is 3. The number of hydrogen-bond acceptors (Lipinski definition) is 5. The smallest absolute Gasteiger partial charge is 0.397 e. The topological polar surface area (TPSA) is 71.5 Å². The predicted molar refractivity (Wildman–Crippen MR) is 107 cm³/mol. The summed E-state index contributed by atoms with van der Waals surface area (Å²) in [5, 5.41) is 2.47. The van der Waals surface area contributed by atoms with E-state index >= 15 is 0 Å². The van der Waals surface area contributed by atoms with E-state index in [0.29, 0.717) is 41.6 Å². The molecule has 6 nitrogen and oxygen atoms in total. The lowest BCUT2D eigenvalue weighted by Gasteiger charge is -2.29. The van der Waals surface area contributed by atoms with E-state index in [2.05, 4.69) is 10.3 Å². The van der Waals surface area contributed by atoms with Gasteiger partial charge in [0.2, 0.25) is 5.91 Å². The van der Waals surface area contributed by atoms with E-state index in [1.54, 1.807) is 30.6 Å². The van der Waals surface area contributed by atoms with Gasteiger partial charge in [0.05, 0.1) is 11.7 Å². The Balaban J connectivity index is 1.68. The number of alkyl halides is 3. The first-order chi connectivity index (χ1) is 16.0. The molecule has 4 rings (SSSR count). The van der Waals surface area contributed by atoms with Crippen LogP contribution in [0.5, 0.6) is 0 Å². The number of aromatic nitrogens is 1. The van der Waals surface area contributed by atoms with Gasteiger partial charge in [-0.15, -0.1) is 0 Å². The maximum absolute atomic E-state index is 12.6. The molecule has 0 fully saturated rings. The monoisotopic (exact) mass is 434 g/mol. The van der Waals surface area contributed by atoms with E-state index in [4.69, 9.17) is 8.85 Å². The zero-order chi connectivity index (χ0) is 24.7. The Hall–Kier alpha value is -3.32. The summed E-state index contributed by atoms with van der Waals surface area (Å²) in [4.78, 5) is 28.1. The molecule has 1 aromatic heterocycles. The van der Waals surface area contributed by atoms with Gasteiger partial charge in [-0.1, -0.05) is 6.07 Å². The van der Waals surface area contributed by atoms with Crippen molar-refractivity contribution in [2.45, 2.75) is 44.5 Å². The standard InChI is InChI=1S/C22H20F3N3O3/c1-28-19-6-5-13(7-14(19)12-31-21(28)11-29)16-9-26-10-17-15(16)3-2-4-18(17)27-20(30)8-22(23,24)25/h5-7,9-10,18H,2-4,8,12H2,1H3,(H,27,30)/t18-/m1/s1/i1D3. The van der Waals surface area contributed by atoms with Gasteiger partial charge in [0.1, 0.15) is 13.0 Å². The van der Waals surface area contributed by atoms with E-state index in [1.807, 2.05) is 0 Å². The Labute approximate surface area is 180 Å². The summed E-state index contributed by atoms with van der Waals surface area (Å²) < 4.78 is 66.2. The molecule has 0 saturated heterocycles. The molecule has 1 amide bonds. The average molecular weight is 434 g/mol. The second-order valence-electron chi connectivity index (χ2n) is 7.43. The molecule has 2 aromatic rings. The minimum absolute atomic E-state index is 0.0289. The fourth-order valence-electron chi connectivity index (χ4n) is 4.03. The van der Waals surface area contributed by atoms with Crippen molar-refractivity contribution in [3.8, 4) is 11.1 Å². The second-order valence-corrected chi connectivity index (χ2v) is 7.43. The average Bonchev–Trinajstić information content (AvgIpc) is 2.75. The lowest BCUT2D eigenvalue weighted by molar-refractivity contribution is -0.154. The van der Waals surface area contributed by atoms with Crippen molar-refractivity contribution in [2.24, 2.45) is 0 Å². The van der Waals surface area contributed by atoms with Gasteiger partial charge in [0, 0.05) is 34.6 Å². The van der Waals surface area contributed by atoms with E-state index in [0.717, 1.165) is 16.0 Å². The summed E-state index contributed by atoms with van der Waals surface area (Å²) in [6.07, 6.45) is -1.16. The Morgan fingerprint density at radius 2 is 2.26 bits per heavy atom. The summed E-state index contributed by atoms with van der Waals surface area (Å²) in [6.45, 7) is -2.68. The number of carbonyl (C=O) groups is 1. The Kier molecular flexibility index (Phi) is 4.52. The molecule has 0 saturated carbocycles. The van der Waals surface area contributed by atoms with Crippen LogP contribution < -0.4 is 10.2 Å². The fraction of sp³-hybridized carbons (Fsp3) is 0.364. The number of pyridine rings is 1. The first-order valence-corrected chi connectivity index (χ1v) is 9.62. The van der Waals surface area contributed by atoms with Gasteiger partial charge in [-0.05, 0) is 48.1 Å². The van der Waals surface area contributed by atoms with Crippen LogP contribution in [0.25, 0.3) is 11.1 Å². The van der Waals surface area contributed by atoms with Gasteiger partial charge in [0.25, 0.3) is 5.88 Å². The highest BCUT2D eigenvalue weighted by molar-refractivity contribution is 5.78. The van der Waals surface area contributed by atoms with E-state index < -0.39 is 37.4 Å². The number of carbonyl (C=O) groups excluding carboxylic acids is 2. The van der Waals surface area contributed by atoms with Gasteiger partial charge in [0.15, 0.2) is 5.94 Å². The fourth-order valence-corrected chi connectivity index (χ4v) is 4.03. The van der Waals surface area contributed by atoms with Crippen LogP contribution in [0.3, 0.4) is 0 Å². The molecule has 1 aliphatic heterocycles. The third-order valence-electron chi connectivity index (χ3n) is 5.37. The third-order valence-corrected chi connectivity index (χ3v) is 5.37. The van der Waals surface area contributed by atoms with Gasteiger partial charge in [-0.3, -0.25) is 9.78 Å². The summed E-state index contributed by atoms with van der Waals surface area (Å²) in [7, 11) is 0. The van der Waals surface area contributed by atoms with Gasteiger partial charge < -0.3 is 15.0 Å². The summed E-state index contributed by atoms with van der Waals surface area (Å²) in [5.41, 5.74) is 3.78. The van der Waals surface area contributed by atoms with Crippen molar-refractivity contribution in [3.05, 3.63) is 53.2 Å². The highest BCUT2D eigenvalue weighted by Crippen LogP contribution is 2.38. The van der Waals surface area contributed by atoms with E-state index in [-0.39, 0.29) is 6.61 Å². The largest absolute Gasteiger partial charge is 0.466 e. The zero-order valence-corrected chi connectivity index (χ0v) is 16.3. The lowest BCUT2D eigenvalue weighted by atomic mass is 9.84. The van der Waals surface area contributed by atoms with Crippen LogP contribution in [-0.4, -0.2) is 30.0 Å². The molecule has 1 aromatic carbocycles. The number of amides is 1. The van der Waals surface area contributed by atoms with Crippen LogP contribution in [0, 0.1) is 0 Å². The number of benzene rings is 1. The minimum Gasteiger partial charge on any atom is -0.466 e. The number of rotatable bonds is 3. The Morgan fingerprint density at radius 3 is 3.00 bits per heavy atom. The Bertz CT molecular complexity index is 1180. The quantitative estimate of drug-likeness (QED) is 0.744. The summed E-state index contributed by atoms with van der Waals surface area (Å²) >= 11 is 0. The number of anilines is 1. The predicted octanol–water partition coefficient (Wildman–Crippen LogP) is 3.83. The maximum atomic E-state index is 12.6. The highest BCUT2D eigenvalue weighted by Gasteiger charge is 2.33. The van der Waals surface area contributed by atoms with Crippen LogP contribution in [0.1, 0.15) is 46.1 Å². The van der Waals surface area contributed by atoms with Crippen LogP contribution in [0.15, 0.2) is 36.5 Å². The van der Waals surface area contributed by atoms with Crippen LogP contribution in [-0.2, 0) is 27.4 Å². The lowest BCUT2D eigenvalue weighted by Crippen LogP contribution is -2.34. The van der Waals surface area contributed by atoms with Gasteiger partial charge in [-0.2, -0.15) is 13.2 Å². The molecule has 1 N–H and O–H groups in total. The number of fused-ring (bicyclic) bond motifs is 2. The van der Waals surface area contributed by atoms with Gasteiger partial charge >= 0.3 is 6.18 Å². The molecular weight excluding hydrogens is 411 g/mol. The molecule has 0 radical (unpaired) electrons. The van der Waals surface area contributed by atoms with Gasteiger partial charge in [-0.25, -0.2) is 4.79 Å². The molecule has 2 aliphatic rings. The molecule has 1 aliphatic carbocycles. The molecule has 162 valence electrons. The molecular formula is C22H20F3N3O3. The first kappa shape index (κ1) is 17.4. The number of nitrogens with one attached hydrogen (secondary N) is 1. The Morgan fingerprint density at radius 1 is 1.42 bits per heavy atom. The highest BCUT2D eigenvalue weighted by atomic mass is 19.4. The minimum atomic E-state index is -4.59. The van der Waals surface area contributed by atoms with Crippen molar-refractivity contribution in [3.63, 3.8) is 0 Å². The van der Waals surface area contributed by atoms with E-state index in [9.17, 15) is 22.8 Å². The van der Waals surface area contributed by atoms with Crippen molar-refractivity contribution in [2.75, 3.05) is 11.9 Å². The molecule has 1 atom stereocenters. The SMILES string of the molecule is [2H]C([2H])([2H])N1C(=C=O)OCc2cc(-c3cncc4c3CCC[C@H]4NC(=O)CC(F)(F)F)ccc21. The van der Waals surface area contributed by atoms with Crippen molar-refractivity contribution < 1.29 is 31.6 Å². The number of hydrogen-bond donors (Lipinski definition) is 1. The third kappa shape index (κ3) is 4.27. The molecule has 31 heavy (non-hydrogen) atoms. The van der Waals surface area contributed by atoms with Crippen LogP contribution >= 0.6 is 0 Å². The molecule has 0 unspecified atom stereocenters. The maximum Gasteiger partial charge on any atom is 0.397 e. The molecule has 2 heterocycles. The van der Waals surface area contributed by atoms with Crippen molar-refractivity contribution in [1.82, 2.24) is 10.3 Å².